The number of rotatable bonds is 8. The maximum atomic E-state index is 13.4. The van der Waals surface area contributed by atoms with Crippen molar-refractivity contribution in [2.24, 2.45) is 0 Å². The van der Waals surface area contributed by atoms with E-state index in [0.717, 1.165) is 31.2 Å². The van der Waals surface area contributed by atoms with E-state index in [1.54, 1.807) is 26.2 Å². The number of benzene rings is 1. The molecule has 2 N–H and O–H groups in total. The summed E-state index contributed by atoms with van der Waals surface area (Å²) >= 11 is 6.34. The number of fused-ring (bicyclic) bond motifs is 1. The van der Waals surface area contributed by atoms with Gasteiger partial charge in [0.2, 0.25) is 5.95 Å². The smallest absolute Gasteiger partial charge is 0.332 e. The van der Waals surface area contributed by atoms with Crippen LogP contribution in [0.5, 0.6) is 5.75 Å². The first-order chi connectivity index (χ1) is 16.0. The number of aliphatic hydroxyl groups excluding tert-OH is 1. The second kappa shape index (κ2) is 10.0. The van der Waals surface area contributed by atoms with Crippen molar-refractivity contribution in [1.29, 1.82) is 0 Å². The molecule has 2 heterocycles. The second-order valence-electron chi connectivity index (χ2n) is 8.35. The molecule has 0 amide bonds. The van der Waals surface area contributed by atoms with E-state index in [2.05, 4.69) is 5.32 Å². The van der Waals surface area contributed by atoms with Crippen molar-refractivity contribution in [2.75, 3.05) is 19.0 Å². The number of anilines is 1. The van der Waals surface area contributed by atoms with Crippen molar-refractivity contribution in [1.82, 2.24) is 18.7 Å². The first-order valence-electron chi connectivity index (χ1n) is 11.4. The molecule has 1 aliphatic rings. The Hall–Kier alpha value is -2.78. The van der Waals surface area contributed by atoms with Gasteiger partial charge in [0.1, 0.15) is 5.75 Å². The van der Waals surface area contributed by atoms with Gasteiger partial charge in [0.05, 0.1) is 31.8 Å². The third-order valence-electron chi connectivity index (χ3n) is 6.25. The number of ether oxygens (including phenoxy) is 1. The number of aliphatic hydroxyl groups is 1. The SMILES string of the molecule is CCn1c(=O)c2c(nc(NC3CCCCC3)n2Cc2ccc(OC)c(Cl)c2)n(CCO)c1=O. The number of hydrogen-bond donors (Lipinski definition) is 2. The van der Waals surface area contributed by atoms with Gasteiger partial charge in [-0.2, -0.15) is 4.98 Å². The van der Waals surface area contributed by atoms with Crippen LogP contribution >= 0.6 is 11.6 Å². The fourth-order valence-electron chi connectivity index (χ4n) is 4.56. The molecular weight excluding hydrogens is 446 g/mol. The lowest BCUT2D eigenvalue weighted by Crippen LogP contribution is -2.40. The Morgan fingerprint density at radius 3 is 2.58 bits per heavy atom. The van der Waals surface area contributed by atoms with Gasteiger partial charge < -0.3 is 15.2 Å². The van der Waals surface area contributed by atoms with Gasteiger partial charge in [0.25, 0.3) is 5.56 Å². The number of methoxy groups -OCH3 is 1. The summed E-state index contributed by atoms with van der Waals surface area (Å²) in [6, 6.07) is 5.74. The van der Waals surface area contributed by atoms with Gasteiger partial charge in [-0.25, -0.2) is 4.79 Å². The van der Waals surface area contributed by atoms with Crippen molar-refractivity contribution in [2.45, 2.75) is 64.7 Å². The highest BCUT2D eigenvalue weighted by molar-refractivity contribution is 6.32. The Kier molecular flexibility index (Phi) is 7.09. The molecule has 3 aromatic rings. The van der Waals surface area contributed by atoms with E-state index in [-0.39, 0.29) is 31.4 Å². The second-order valence-corrected chi connectivity index (χ2v) is 8.76. The maximum absolute atomic E-state index is 13.4. The van der Waals surface area contributed by atoms with E-state index >= 15 is 0 Å². The van der Waals surface area contributed by atoms with Gasteiger partial charge >= 0.3 is 5.69 Å². The normalized spacial score (nSPS) is 14.7. The quantitative estimate of drug-likeness (QED) is 0.519. The molecule has 178 valence electrons. The van der Waals surface area contributed by atoms with E-state index in [4.69, 9.17) is 21.3 Å². The molecule has 0 radical (unpaired) electrons. The van der Waals surface area contributed by atoms with Crippen LogP contribution in [0.25, 0.3) is 11.2 Å². The minimum Gasteiger partial charge on any atom is -0.495 e. The summed E-state index contributed by atoms with van der Waals surface area (Å²) in [5.41, 5.74) is 0.617. The first-order valence-corrected chi connectivity index (χ1v) is 11.8. The number of aromatic nitrogens is 4. The summed E-state index contributed by atoms with van der Waals surface area (Å²) in [5.74, 6) is 1.11. The minimum absolute atomic E-state index is 0.0594. The van der Waals surface area contributed by atoms with Crippen LogP contribution < -0.4 is 21.3 Å². The fraction of sp³-hybridized carbons (Fsp3) is 0.522. The Morgan fingerprint density at radius 1 is 1.18 bits per heavy atom. The number of nitrogens with one attached hydrogen (secondary N) is 1. The average molecular weight is 476 g/mol. The largest absolute Gasteiger partial charge is 0.495 e. The molecule has 1 aromatic carbocycles. The van der Waals surface area contributed by atoms with Crippen molar-refractivity contribution >= 4 is 28.7 Å². The van der Waals surface area contributed by atoms with Crippen LogP contribution in [0.2, 0.25) is 5.02 Å². The summed E-state index contributed by atoms with van der Waals surface area (Å²) < 4.78 is 9.64. The molecule has 9 nitrogen and oxygen atoms in total. The summed E-state index contributed by atoms with van der Waals surface area (Å²) in [6.07, 6.45) is 5.56. The van der Waals surface area contributed by atoms with Crippen LogP contribution in [0, 0.1) is 0 Å². The van der Waals surface area contributed by atoms with Crippen molar-refractivity contribution in [3.8, 4) is 5.75 Å². The van der Waals surface area contributed by atoms with Crippen LogP contribution in [0.15, 0.2) is 27.8 Å². The molecule has 0 saturated heterocycles. The molecule has 1 aliphatic carbocycles. The van der Waals surface area contributed by atoms with Gasteiger partial charge in [-0.05, 0) is 37.5 Å². The zero-order chi connectivity index (χ0) is 23.5. The highest BCUT2D eigenvalue weighted by Gasteiger charge is 2.23. The standard InChI is InChI=1S/C23H30ClN5O4/c1-3-27-21(31)19-20(28(11-12-30)23(27)32)26-22(25-16-7-5-4-6-8-16)29(19)14-15-9-10-18(33-2)17(24)13-15/h9-10,13,16,30H,3-8,11-12,14H2,1-2H3,(H,25,26). The highest BCUT2D eigenvalue weighted by atomic mass is 35.5. The minimum atomic E-state index is -0.467. The lowest BCUT2D eigenvalue weighted by Gasteiger charge is -2.23. The molecule has 10 heteroatoms. The lowest BCUT2D eigenvalue weighted by molar-refractivity contribution is 0.274. The number of halogens is 1. The molecule has 0 aliphatic heterocycles. The third-order valence-corrected chi connectivity index (χ3v) is 6.54. The Labute approximate surface area is 196 Å². The zero-order valence-corrected chi connectivity index (χ0v) is 19.8. The van der Waals surface area contributed by atoms with Crippen molar-refractivity contribution < 1.29 is 9.84 Å². The van der Waals surface area contributed by atoms with Crippen LogP contribution in [0.3, 0.4) is 0 Å². The Bertz CT molecular complexity index is 1260. The van der Waals surface area contributed by atoms with Gasteiger partial charge in [0.15, 0.2) is 11.2 Å². The van der Waals surface area contributed by atoms with Gasteiger partial charge in [-0.3, -0.25) is 18.5 Å². The van der Waals surface area contributed by atoms with Crippen LogP contribution in [0.4, 0.5) is 5.95 Å². The molecule has 1 fully saturated rings. The fourth-order valence-corrected chi connectivity index (χ4v) is 4.84. The number of nitrogens with zero attached hydrogens (tertiary/aromatic N) is 4. The molecule has 0 atom stereocenters. The van der Waals surface area contributed by atoms with Crippen molar-refractivity contribution in [3.05, 3.63) is 49.6 Å². The monoisotopic (exact) mass is 475 g/mol. The van der Waals surface area contributed by atoms with Crippen molar-refractivity contribution in [3.63, 3.8) is 0 Å². The van der Waals surface area contributed by atoms with Crippen LogP contribution in [0.1, 0.15) is 44.6 Å². The number of hydrogen-bond acceptors (Lipinski definition) is 6. The van der Waals surface area contributed by atoms with E-state index in [9.17, 15) is 14.7 Å². The van der Waals surface area contributed by atoms with Gasteiger partial charge in [-0.15, -0.1) is 0 Å². The van der Waals surface area contributed by atoms with Crippen LogP contribution in [-0.2, 0) is 19.6 Å². The molecule has 0 bridgehead atoms. The molecular formula is C23H30ClN5O4. The molecule has 33 heavy (non-hydrogen) atoms. The first kappa shape index (κ1) is 23.4. The van der Waals surface area contributed by atoms with Crippen LogP contribution in [-0.4, -0.2) is 43.6 Å². The molecule has 1 saturated carbocycles. The molecule has 0 unspecified atom stereocenters. The maximum Gasteiger partial charge on any atom is 0.332 e. The van der Waals surface area contributed by atoms with E-state index < -0.39 is 11.2 Å². The summed E-state index contributed by atoms with van der Waals surface area (Å²) in [4.78, 5) is 31.0. The molecule has 2 aromatic heterocycles. The predicted molar refractivity (Wildman–Crippen MR) is 129 cm³/mol. The van der Waals surface area contributed by atoms with E-state index in [1.807, 2.05) is 10.6 Å². The summed E-state index contributed by atoms with van der Waals surface area (Å²) in [6.45, 7) is 2.14. The third kappa shape index (κ3) is 4.52. The zero-order valence-electron chi connectivity index (χ0n) is 19.0. The Balaban J connectivity index is 1.91. The van der Waals surface area contributed by atoms with E-state index in [1.165, 1.54) is 15.6 Å². The van der Waals surface area contributed by atoms with E-state index in [0.29, 0.717) is 28.8 Å². The average Bonchev–Trinajstić information content (AvgIpc) is 3.15. The predicted octanol–water partition coefficient (Wildman–Crippen LogP) is 2.83. The topological polar surface area (TPSA) is 103 Å². The molecule has 4 rings (SSSR count). The lowest BCUT2D eigenvalue weighted by atomic mass is 9.96. The number of imidazole rings is 1. The van der Waals surface area contributed by atoms with Gasteiger partial charge in [-0.1, -0.05) is 36.9 Å². The summed E-state index contributed by atoms with van der Waals surface area (Å²) in [5, 5.41) is 13.6. The summed E-state index contributed by atoms with van der Waals surface area (Å²) in [7, 11) is 1.56. The molecule has 0 spiro atoms. The Morgan fingerprint density at radius 2 is 1.94 bits per heavy atom. The van der Waals surface area contributed by atoms with Gasteiger partial charge in [0, 0.05) is 12.6 Å². The highest BCUT2D eigenvalue weighted by Crippen LogP contribution is 2.28.